The van der Waals surface area contributed by atoms with Crippen LogP contribution in [0.25, 0.3) is 6.08 Å². The van der Waals surface area contributed by atoms with E-state index in [1.54, 1.807) is 0 Å². The maximum atomic E-state index is 3.60. The summed E-state index contributed by atoms with van der Waals surface area (Å²) in [4.78, 5) is 0. The van der Waals surface area contributed by atoms with E-state index in [0.717, 1.165) is 6.54 Å². The Morgan fingerprint density at radius 1 is 1.00 bits per heavy atom. The highest BCUT2D eigenvalue weighted by molar-refractivity contribution is 5.57. The number of aryl methyl sites for hydroxylation is 3. The fraction of sp³-hybridized carbons (Fsp3) is 0.333. The van der Waals surface area contributed by atoms with Crippen molar-refractivity contribution in [3.8, 4) is 0 Å². The quantitative estimate of drug-likeness (QED) is 0.799. The third-order valence-corrected chi connectivity index (χ3v) is 4.22. The first kappa shape index (κ1) is 16.5. The summed E-state index contributed by atoms with van der Waals surface area (Å²) in [5, 5.41) is 3.60. The van der Waals surface area contributed by atoms with Gasteiger partial charge >= 0.3 is 0 Å². The maximum absolute atomic E-state index is 3.60. The first-order valence-electron chi connectivity index (χ1n) is 8.00. The average molecular weight is 293 g/mol. The van der Waals surface area contributed by atoms with Crippen LogP contribution in [0.2, 0.25) is 0 Å². The van der Waals surface area contributed by atoms with Gasteiger partial charge in [-0.15, -0.1) is 0 Å². The summed E-state index contributed by atoms with van der Waals surface area (Å²) < 4.78 is 0. The second-order valence-corrected chi connectivity index (χ2v) is 6.34. The van der Waals surface area contributed by atoms with E-state index in [1.165, 1.54) is 33.4 Å². The van der Waals surface area contributed by atoms with E-state index in [2.05, 4.69) is 88.5 Å². The van der Waals surface area contributed by atoms with Gasteiger partial charge in [-0.05, 0) is 51.3 Å². The Labute approximate surface area is 135 Å². The van der Waals surface area contributed by atoms with Crippen LogP contribution >= 0.6 is 0 Å². The Hall–Kier alpha value is -1.86. The third kappa shape index (κ3) is 4.57. The number of hydrogen-bond donors (Lipinski definition) is 1. The van der Waals surface area contributed by atoms with Crippen LogP contribution < -0.4 is 5.32 Å². The predicted molar refractivity (Wildman–Crippen MR) is 97.0 cm³/mol. The van der Waals surface area contributed by atoms with Crippen LogP contribution in [0.4, 0.5) is 0 Å². The molecule has 1 nitrogen and oxygen atoms in total. The zero-order chi connectivity index (χ0) is 16.1. The van der Waals surface area contributed by atoms with E-state index in [9.17, 15) is 0 Å². The van der Waals surface area contributed by atoms with E-state index in [1.807, 2.05) is 0 Å². The Balaban J connectivity index is 2.00. The molecule has 22 heavy (non-hydrogen) atoms. The summed E-state index contributed by atoms with van der Waals surface area (Å²) in [6.07, 6.45) is 2.29. The molecule has 0 aromatic heterocycles. The lowest BCUT2D eigenvalue weighted by Crippen LogP contribution is -2.26. The molecular formula is C21H27N. The van der Waals surface area contributed by atoms with Crippen molar-refractivity contribution in [2.75, 3.05) is 0 Å². The standard InChI is InChI=1S/C21H27N/c1-15-6-9-20(10-7-15)14-22-19(5)17(3)13-21-11-8-16(2)12-18(21)4/h6-13,19,22H,14H2,1-5H3. The minimum atomic E-state index is 0.363. The van der Waals surface area contributed by atoms with Crippen molar-refractivity contribution in [3.63, 3.8) is 0 Å². The Bertz CT molecular complexity index is 650. The fourth-order valence-corrected chi connectivity index (χ4v) is 2.50. The normalized spacial score (nSPS) is 13.2. The lowest BCUT2D eigenvalue weighted by Gasteiger charge is -2.15. The monoisotopic (exact) mass is 293 g/mol. The molecule has 0 saturated heterocycles. The number of nitrogens with one attached hydrogen (secondary N) is 1. The van der Waals surface area contributed by atoms with Gasteiger partial charge in [-0.2, -0.15) is 0 Å². The smallest absolute Gasteiger partial charge is 0.0254 e. The van der Waals surface area contributed by atoms with E-state index < -0.39 is 0 Å². The van der Waals surface area contributed by atoms with Crippen molar-refractivity contribution >= 4 is 6.08 Å². The molecule has 0 heterocycles. The highest BCUT2D eigenvalue weighted by Gasteiger charge is 2.05. The molecule has 2 rings (SSSR count). The van der Waals surface area contributed by atoms with Gasteiger partial charge in [0.25, 0.3) is 0 Å². The van der Waals surface area contributed by atoms with Gasteiger partial charge in [-0.25, -0.2) is 0 Å². The Morgan fingerprint density at radius 3 is 2.27 bits per heavy atom. The molecule has 0 aliphatic heterocycles. The number of hydrogen-bond acceptors (Lipinski definition) is 1. The van der Waals surface area contributed by atoms with Crippen LogP contribution in [0.15, 0.2) is 48.0 Å². The Morgan fingerprint density at radius 2 is 1.64 bits per heavy atom. The van der Waals surface area contributed by atoms with Gasteiger partial charge in [-0.1, -0.05) is 65.2 Å². The number of benzene rings is 2. The zero-order valence-corrected chi connectivity index (χ0v) is 14.4. The summed E-state index contributed by atoms with van der Waals surface area (Å²) in [5.74, 6) is 0. The molecule has 0 fully saturated rings. The average Bonchev–Trinajstić information content (AvgIpc) is 2.49. The Kier molecular flexibility index (Phi) is 5.57. The van der Waals surface area contributed by atoms with Crippen LogP contribution in [0, 0.1) is 20.8 Å². The highest BCUT2D eigenvalue weighted by Crippen LogP contribution is 2.16. The summed E-state index contributed by atoms with van der Waals surface area (Å²) >= 11 is 0. The minimum absolute atomic E-state index is 0.363. The molecule has 2 aromatic rings. The van der Waals surface area contributed by atoms with Crippen LogP contribution in [-0.2, 0) is 6.54 Å². The number of rotatable bonds is 5. The van der Waals surface area contributed by atoms with Gasteiger partial charge in [-0.3, -0.25) is 0 Å². The van der Waals surface area contributed by atoms with Crippen molar-refractivity contribution < 1.29 is 0 Å². The van der Waals surface area contributed by atoms with Gasteiger partial charge < -0.3 is 5.32 Å². The molecule has 0 saturated carbocycles. The molecule has 0 radical (unpaired) electrons. The molecule has 1 N–H and O–H groups in total. The van der Waals surface area contributed by atoms with E-state index in [-0.39, 0.29) is 0 Å². The molecule has 1 atom stereocenters. The van der Waals surface area contributed by atoms with Crippen molar-refractivity contribution in [1.29, 1.82) is 0 Å². The van der Waals surface area contributed by atoms with E-state index in [0.29, 0.717) is 6.04 Å². The highest BCUT2D eigenvalue weighted by atomic mass is 14.9. The third-order valence-electron chi connectivity index (χ3n) is 4.22. The van der Waals surface area contributed by atoms with Crippen molar-refractivity contribution in [3.05, 3.63) is 75.9 Å². The largest absolute Gasteiger partial charge is 0.306 e. The van der Waals surface area contributed by atoms with E-state index in [4.69, 9.17) is 0 Å². The van der Waals surface area contributed by atoms with Crippen LogP contribution in [-0.4, -0.2) is 6.04 Å². The van der Waals surface area contributed by atoms with Crippen LogP contribution in [0.3, 0.4) is 0 Å². The summed E-state index contributed by atoms with van der Waals surface area (Å²) in [6.45, 7) is 11.8. The van der Waals surface area contributed by atoms with Gasteiger partial charge in [0.05, 0.1) is 0 Å². The second kappa shape index (κ2) is 7.42. The van der Waals surface area contributed by atoms with Gasteiger partial charge in [0.1, 0.15) is 0 Å². The van der Waals surface area contributed by atoms with Crippen LogP contribution in [0.5, 0.6) is 0 Å². The first-order chi connectivity index (χ1) is 10.5. The van der Waals surface area contributed by atoms with Gasteiger partial charge in [0.2, 0.25) is 0 Å². The second-order valence-electron chi connectivity index (χ2n) is 6.34. The lowest BCUT2D eigenvalue weighted by atomic mass is 10.0. The van der Waals surface area contributed by atoms with Gasteiger partial charge in [0.15, 0.2) is 0 Å². The predicted octanol–water partition coefficient (Wildman–Crippen LogP) is 5.19. The summed E-state index contributed by atoms with van der Waals surface area (Å²) in [7, 11) is 0. The van der Waals surface area contributed by atoms with E-state index >= 15 is 0 Å². The molecule has 0 spiro atoms. The zero-order valence-electron chi connectivity index (χ0n) is 14.4. The molecule has 2 aromatic carbocycles. The lowest BCUT2D eigenvalue weighted by molar-refractivity contribution is 0.611. The molecule has 0 aliphatic carbocycles. The van der Waals surface area contributed by atoms with Crippen molar-refractivity contribution in [2.24, 2.45) is 0 Å². The molecule has 1 unspecified atom stereocenters. The van der Waals surface area contributed by atoms with Crippen molar-refractivity contribution in [1.82, 2.24) is 5.32 Å². The molecule has 0 amide bonds. The molecule has 0 bridgehead atoms. The molecule has 116 valence electrons. The molecule has 0 aliphatic rings. The summed E-state index contributed by atoms with van der Waals surface area (Å²) in [5.41, 5.74) is 7.97. The SMILES string of the molecule is CC(=Cc1ccc(C)cc1C)C(C)NCc1ccc(C)cc1. The van der Waals surface area contributed by atoms with Crippen LogP contribution in [0.1, 0.15) is 41.7 Å². The summed E-state index contributed by atoms with van der Waals surface area (Å²) in [6, 6.07) is 15.7. The first-order valence-corrected chi connectivity index (χ1v) is 8.00. The minimum Gasteiger partial charge on any atom is -0.306 e. The molecule has 1 heteroatoms. The molecular weight excluding hydrogens is 266 g/mol. The fourth-order valence-electron chi connectivity index (χ4n) is 2.50. The topological polar surface area (TPSA) is 12.0 Å². The van der Waals surface area contributed by atoms with Gasteiger partial charge in [0, 0.05) is 12.6 Å². The maximum Gasteiger partial charge on any atom is 0.0254 e. The van der Waals surface area contributed by atoms with Crippen molar-refractivity contribution in [2.45, 2.75) is 47.2 Å².